The molecule has 7 nitrogen and oxygen atoms in total. The van der Waals surface area contributed by atoms with Crippen LogP contribution in [0.3, 0.4) is 0 Å². The number of furan rings is 1. The van der Waals surface area contributed by atoms with Crippen molar-refractivity contribution in [3.63, 3.8) is 0 Å². The van der Waals surface area contributed by atoms with Crippen LogP contribution in [0.15, 0.2) is 69.7 Å². The maximum atomic E-state index is 12.8. The van der Waals surface area contributed by atoms with Crippen LogP contribution in [0.25, 0.3) is 0 Å². The molecule has 0 saturated carbocycles. The number of nitrogens with zero attached hydrogens (tertiary/aromatic N) is 2. The summed E-state index contributed by atoms with van der Waals surface area (Å²) in [5.41, 5.74) is 1.81. The van der Waals surface area contributed by atoms with Gasteiger partial charge in [0.05, 0.1) is 24.0 Å². The molecule has 3 aromatic rings. The highest BCUT2D eigenvalue weighted by atomic mass is 32.1. The number of amides is 1. The second-order valence-electron chi connectivity index (χ2n) is 7.01. The molecule has 0 N–H and O–H groups in total. The molecule has 0 saturated heterocycles. The highest BCUT2D eigenvalue weighted by molar-refractivity contribution is 7.12. The molecule has 2 aromatic heterocycles. The number of methoxy groups -OCH3 is 1. The molecular formula is C23H22N2O5S. The van der Waals surface area contributed by atoms with Gasteiger partial charge in [0.15, 0.2) is 6.61 Å². The summed E-state index contributed by atoms with van der Waals surface area (Å²) in [6, 6.07) is 14.6. The first-order valence-corrected chi connectivity index (χ1v) is 10.8. The van der Waals surface area contributed by atoms with Gasteiger partial charge in [-0.05, 0) is 47.7 Å². The van der Waals surface area contributed by atoms with Crippen LogP contribution >= 0.6 is 11.3 Å². The number of esters is 1. The van der Waals surface area contributed by atoms with Gasteiger partial charge in [-0.15, -0.1) is 11.3 Å². The Morgan fingerprint density at radius 3 is 2.71 bits per heavy atom. The summed E-state index contributed by atoms with van der Waals surface area (Å²) < 4.78 is 15.9. The van der Waals surface area contributed by atoms with Crippen LogP contribution in [0.2, 0.25) is 0 Å². The molecular weight excluding hydrogens is 416 g/mol. The normalized spacial score (nSPS) is 15.6. The van der Waals surface area contributed by atoms with E-state index in [2.05, 4.69) is 5.10 Å². The average molecular weight is 439 g/mol. The fourth-order valence-corrected chi connectivity index (χ4v) is 4.07. The number of hydrogen-bond donors (Lipinski definition) is 0. The van der Waals surface area contributed by atoms with Gasteiger partial charge >= 0.3 is 5.97 Å². The third kappa shape index (κ3) is 5.03. The number of carbonyl (C=O) groups is 2. The first-order valence-electron chi connectivity index (χ1n) is 9.89. The zero-order valence-corrected chi connectivity index (χ0v) is 17.8. The SMILES string of the molecule is COc1ccc(CCC(=O)OCC(=O)N2N=C(c3cccs3)CC2c2ccco2)cc1. The quantitative estimate of drug-likeness (QED) is 0.492. The highest BCUT2D eigenvalue weighted by Crippen LogP contribution is 2.34. The lowest BCUT2D eigenvalue weighted by Crippen LogP contribution is -2.31. The summed E-state index contributed by atoms with van der Waals surface area (Å²) in [4.78, 5) is 26.0. The Morgan fingerprint density at radius 2 is 2.03 bits per heavy atom. The number of ether oxygens (including phenoxy) is 2. The summed E-state index contributed by atoms with van der Waals surface area (Å²) in [5, 5.41) is 7.84. The van der Waals surface area contributed by atoms with Crippen LogP contribution in [-0.4, -0.2) is 36.3 Å². The highest BCUT2D eigenvalue weighted by Gasteiger charge is 2.35. The van der Waals surface area contributed by atoms with E-state index in [1.54, 1.807) is 30.8 Å². The lowest BCUT2D eigenvalue weighted by Gasteiger charge is -2.19. The van der Waals surface area contributed by atoms with Gasteiger partial charge in [0.25, 0.3) is 5.91 Å². The summed E-state index contributed by atoms with van der Waals surface area (Å²) in [6.07, 6.45) is 2.83. The molecule has 1 unspecified atom stereocenters. The van der Waals surface area contributed by atoms with Crippen molar-refractivity contribution in [1.29, 1.82) is 0 Å². The Morgan fingerprint density at radius 1 is 1.19 bits per heavy atom. The first kappa shape index (κ1) is 20.9. The van der Waals surface area contributed by atoms with Gasteiger partial charge < -0.3 is 13.9 Å². The molecule has 4 rings (SSSR count). The van der Waals surface area contributed by atoms with Crippen LogP contribution in [0.4, 0.5) is 0 Å². The molecule has 0 radical (unpaired) electrons. The van der Waals surface area contributed by atoms with Gasteiger partial charge in [0.2, 0.25) is 0 Å². The Labute approximate surface area is 183 Å². The fraction of sp³-hybridized carbons (Fsp3) is 0.261. The molecule has 3 heterocycles. The Kier molecular flexibility index (Phi) is 6.47. The van der Waals surface area contributed by atoms with Crippen molar-refractivity contribution in [1.82, 2.24) is 5.01 Å². The molecule has 0 spiro atoms. The standard InChI is InChI=1S/C23H22N2O5S/c1-28-17-9-6-16(7-10-17)8-11-23(27)30-15-22(26)25-19(20-4-2-12-29-20)14-18(24-25)21-5-3-13-31-21/h2-7,9-10,12-13,19H,8,11,14-15H2,1H3. The molecule has 160 valence electrons. The van der Waals surface area contributed by atoms with Crippen LogP contribution < -0.4 is 4.74 Å². The molecule has 0 fully saturated rings. The zero-order chi connectivity index (χ0) is 21.6. The number of carbonyl (C=O) groups excluding carboxylic acids is 2. The second kappa shape index (κ2) is 9.61. The van der Waals surface area contributed by atoms with E-state index in [1.165, 1.54) is 5.01 Å². The minimum atomic E-state index is -0.430. The van der Waals surface area contributed by atoms with Crippen molar-refractivity contribution >= 4 is 28.9 Å². The molecule has 0 bridgehead atoms. The van der Waals surface area contributed by atoms with Gasteiger partial charge in [-0.25, -0.2) is 5.01 Å². The van der Waals surface area contributed by atoms with Gasteiger partial charge in [-0.3, -0.25) is 9.59 Å². The van der Waals surface area contributed by atoms with E-state index < -0.39 is 5.97 Å². The fourth-order valence-electron chi connectivity index (χ4n) is 3.35. The Balaban J connectivity index is 1.34. The number of hydrazone groups is 1. The van der Waals surface area contributed by atoms with E-state index in [1.807, 2.05) is 47.8 Å². The lowest BCUT2D eigenvalue weighted by atomic mass is 10.1. The molecule has 1 aromatic carbocycles. The molecule has 1 amide bonds. The van der Waals surface area contributed by atoms with Crippen molar-refractivity contribution in [2.24, 2.45) is 5.10 Å². The molecule has 31 heavy (non-hydrogen) atoms. The predicted octanol–water partition coefficient (Wildman–Crippen LogP) is 4.20. The molecule has 8 heteroatoms. The molecule has 0 aliphatic carbocycles. The molecule has 1 aliphatic heterocycles. The Bertz CT molecular complexity index is 1040. The summed E-state index contributed by atoms with van der Waals surface area (Å²) in [6.45, 7) is -0.361. The van der Waals surface area contributed by atoms with Crippen molar-refractivity contribution in [3.05, 3.63) is 76.4 Å². The van der Waals surface area contributed by atoms with E-state index in [0.29, 0.717) is 18.6 Å². The van der Waals surface area contributed by atoms with Gasteiger partial charge in [-0.1, -0.05) is 18.2 Å². The Hall–Kier alpha value is -3.39. The van der Waals surface area contributed by atoms with E-state index in [0.717, 1.165) is 21.9 Å². The summed E-state index contributed by atoms with van der Waals surface area (Å²) in [5.74, 6) is 0.594. The summed E-state index contributed by atoms with van der Waals surface area (Å²) in [7, 11) is 1.60. The first-order chi connectivity index (χ1) is 15.1. The van der Waals surface area contributed by atoms with Crippen molar-refractivity contribution < 1.29 is 23.5 Å². The van der Waals surface area contributed by atoms with E-state index in [4.69, 9.17) is 13.9 Å². The number of hydrogen-bond acceptors (Lipinski definition) is 7. The van der Waals surface area contributed by atoms with Gasteiger partial charge in [0.1, 0.15) is 17.6 Å². The number of benzene rings is 1. The molecule has 1 atom stereocenters. The zero-order valence-electron chi connectivity index (χ0n) is 17.0. The van der Waals surface area contributed by atoms with Crippen LogP contribution in [0.1, 0.15) is 35.1 Å². The number of aryl methyl sites for hydroxylation is 1. The van der Waals surface area contributed by atoms with E-state index >= 15 is 0 Å². The van der Waals surface area contributed by atoms with Crippen LogP contribution in [-0.2, 0) is 20.7 Å². The maximum Gasteiger partial charge on any atom is 0.306 e. The molecule has 1 aliphatic rings. The topological polar surface area (TPSA) is 81.3 Å². The smallest absolute Gasteiger partial charge is 0.306 e. The van der Waals surface area contributed by atoms with Crippen molar-refractivity contribution in [2.75, 3.05) is 13.7 Å². The lowest BCUT2D eigenvalue weighted by molar-refractivity contribution is -0.152. The van der Waals surface area contributed by atoms with E-state index in [-0.39, 0.29) is 25.0 Å². The average Bonchev–Trinajstić information content (AvgIpc) is 3.56. The van der Waals surface area contributed by atoms with Crippen LogP contribution in [0.5, 0.6) is 5.75 Å². The van der Waals surface area contributed by atoms with Crippen molar-refractivity contribution in [3.8, 4) is 5.75 Å². The maximum absolute atomic E-state index is 12.8. The monoisotopic (exact) mass is 438 g/mol. The third-order valence-corrected chi connectivity index (χ3v) is 5.90. The number of rotatable bonds is 8. The minimum Gasteiger partial charge on any atom is -0.497 e. The third-order valence-electron chi connectivity index (χ3n) is 4.98. The van der Waals surface area contributed by atoms with Gasteiger partial charge in [-0.2, -0.15) is 5.10 Å². The van der Waals surface area contributed by atoms with Gasteiger partial charge in [0, 0.05) is 12.8 Å². The largest absolute Gasteiger partial charge is 0.497 e. The minimum absolute atomic E-state index is 0.185. The predicted molar refractivity (Wildman–Crippen MR) is 116 cm³/mol. The number of thiophene rings is 1. The van der Waals surface area contributed by atoms with E-state index in [9.17, 15) is 9.59 Å². The van der Waals surface area contributed by atoms with Crippen LogP contribution in [0, 0.1) is 0 Å². The summed E-state index contributed by atoms with van der Waals surface area (Å²) >= 11 is 1.57. The second-order valence-corrected chi connectivity index (χ2v) is 7.95. The van der Waals surface area contributed by atoms with Crippen molar-refractivity contribution in [2.45, 2.75) is 25.3 Å².